The number of rotatable bonds is 9. The van der Waals surface area contributed by atoms with Crippen molar-refractivity contribution >= 4 is 38.6 Å². The normalized spacial score (nSPS) is 11.6. The van der Waals surface area contributed by atoms with Gasteiger partial charge in [0.1, 0.15) is 9.20 Å². The molecule has 0 aliphatic carbocycles. The fraction of sp³-hybridized carbons (Fsp3) is 0.545. The first-order valence-electron chi connectivity index (χ1n) is 5.94. The molecule has 0 atom stereocenters. The Hall–Kier alpha value is -0.540. The van der Waals surface area contributed by atoms with Crippen LogP contribution in [0.5, 0.6) is 0 Å². The van der Waals surface area contributed by atoms with Gasteiger partial charge in [-0.1, -0.05) is 19.1 Å². The molecule has 0 fully saturated rings. The molecule has 3 N–H and O–H groups in total. The minimum atomic E-state index is -3.47. The van der Waals surface area contributed by atoms with Crippen molar-refractivity contribution in [2.45, 2.75) is 24.0 Å². The van der Waals surface area contributed by atoms with Crippen molar-refractivity contribution in [2.24, 2.45) is 5.73 Å². The van der Waals surface area contributed by atoms with Crippen molar-refractivity contribution < 1.29 is 13.2 Å². The van der Waals surface area contributed by atoms with Gasteiger partial charge in [0, 0.05) is 19.8 Å². The highest BCUT2D eigenvalue weighted by atomic mass is 32.2. The van der Waals surface area contributed by atoms with Crippen molar-refractivity contribution in [3.63, 3.8) is 0 Å². The van der Waals surface area contributed by atoms with Crippen LogP contribution in [0.4, 0.5) is 0 Å². The number of thiophene rings is 1. The lowest BCUT2D eigenvalue weighted by Gasteiger charge is -2.05. The van der Waals surface area contributed by atoms with E-state index in [2.05, 4.69) is 4.72 Å². The van der Waals surface area contributed by atoms with Crippen LogP contribution < -0.4 is 10.5 Å². The molecular formula is C11H18N2O3S3. The summed E-state index contributed by atoms with van der Waals surface area (Å²) in [6.45, 7) is 3.64. The van der Waals surface area contributed by atoms with Crippen molar-refractivity contribution in [3.05, 3.63) is 17.0 Å². The van der Waals surface area contributed by atoms with E-state index in [-0.39, 0.29) is 9.20 Å². The highest BCUT2D eigenvalue weighted by molar-refractivity contribution is 7.91. The summed E-state index contributed by atoms with van der Waals surface area (Å²) in [5.41, 5.74) is 5.45. The first kappa shape index (κ1) is 16.5. The van der Waals surface area contributed by atoms with Crippen molar-refractivity contribution in [3.8, 4) is 0 Å². The molecular weight excluding hydrogens is 304 g/mol. The molecule has 0 aliphatic heterocycles. The van der Waals surface area contributed by atoms with Crippen LogP contribution in [0.3, 0.4) is 0 Å². The monoisotopic (exact) mass is 322 g/mol. The molecule has 1 rings (SSSR count). The maximum atomic E-state index is 11.9. The van der Waals surface area contributed by atoms with Gasteiger partial charge in [0.25, 0.3) is 0 Å². The Kier molecular flexibility index (Phi) is 6.87. The van der Waals surface area contributed by atoms with Gasteiger partial charge in [0.05, 0.1) is 4.88 Å². The number of sulfonamides is 1. The van der Waals surface area contributed by atoms with E-state index in [1.807, 2.05) is 6.92 Å². The third-order valence-electron chi connectivity index (χ3n) is 2.20. The van der Waals surface area contributed by atoms with Crippen molar-refractivity contribution in [2.75, 3.05) is 19.8 Å². The van der Waals surface area contributed by atoms with Crippen LogP contribution in [0.1, 0.15) is 24.6 Å². The Labute approximate surface area is 123 Å². The summed E-state index contributed by atoms with van der Waals surface area (Å²) in [5, 5.41) is 0. The minimum absolute atomic E-state index is 0.208. The lowest BCUT2D eigenvalue weighted by molar-refractivity contribution is 0.133. The summed E-state index contributed by atoms with van der Waals surface area (Å²) in [6, 6.07) is 3.13. The van der Waals surface area contributed by atoms with Gasteiger partial charge in [0.15, 0.2) is 0 Å². The topological polar surface area (TPSA) is 81.4 Å². The lowest BCUT2D eigenvalue weighted by atomic mass is 10.4. The molecule has 1 heterocycles. The van der Waals surface area contributed by atoms with Gasteiger partial charge >= 0.3 is 0 Å². The van der Waals surface area contributed by atoms with Crippen LogP contribution in [-0.4, -0.2) is 33.2 Å². The Bertz CT molecular complexity index is 511. The Morgan fingerprint density at radius 2 is 2.21 bits per heavy atom. The largest absolute Gasteiger partial charge is 0.389 e. The molecule has 5 nitrogen and oxygen atoms in total. The molecule has 0 saturated heterocycles. The van der Waals surface area contributed by atoms with Gasteiger partial charge in [-0.15, -0.1) is 11.3 Å². The smallest absolute Gasteiger partial charge is 0.250 e. The second-order valence-corrected chi connectivity index (χ2v) is 7.36. The van der Waals surface area contributed by atoms with Crippen LogP contribution in [0.2, 0.25) is 0 Å². The number of hydrogen-bond donors (Lipinski definition) is 2. The molecule has 0 aliphatic rings. The highest BCUT2D eigenvalue weighted by Gasteiger charge is 2.16. The minimum Gasteiger partial charge on any atom is -0.389 e. The Morgan fingerprint density at radius 1 is 1.47 bits per heavy atom. The van der Waals surface area contributed by atoms with Crippen molar-refractivity contribution in [1.29, 1.82) is 0 Å². The summed E-state index contributed by atoms with van der Waals surface area (Å²) in [7, 11) is -3.47. The molecule has 0 radical (unpaired) electrons. The maximum absolute atomic E-state index is 11.9. The van der Waals surface area contributed by atoms with Gasteiger partial charge < -0.3 is 10.5 Å². The average Bonchev–Trinajstić information content (AvgIpc) is 2.84. The van der Waals surface area contributed by atoms with Gasteiger partial charge in [-0.05, 0) is 25.0 Å². The summed E-state index contributed by atoms with van der Waals surface area (Å²) < 4.78 is 31.9. The SMILES string of the molecule is CCCOCCCNS(=O)(=O)c1ccc(C(N)=S)s1. The van der Waals surface area contributed by atoms with E-state index in [9.17, 15) is 8.42 Å². The zero-order valence-corrected chi connectivity index (χ0v) is 13.2. The molecule has 0 saturated carbocycles. The van der Waals surface area contributed by atoms with E-state index in [0.717, 1.165) is 17.8 Å². The van der Waals surface area contributed by atoms with Crippen LogP contribution in [0, 0.1) is 0 Å². The van der Waals surface area contributed by atoms with Crippen LogP contribution in [0.25, 0.3) is 0 Å². The number of hydrogen-bond acceptors (Lipinski definition) is 5. The molecule has 0 unspecified atom stereocenters. The summed E-state index contributed by atoms with van der Waals surface area (Å²) >= 11 is 5.87. The van der Waals surface area contributed by atoms with Gasteiger partial charge in [-0.2, -0.15) is 0 Å². The molecule has 0 bridgehead atoms. The van der Waals surface area contributed by atoms with Crippen molar-refractivity contribution in [1.82, 2.24) is 4.72 Å². The number of nitrogens with two attached hydrogens (primary N) is 1. The predicted molar refractivity (Wildman–Crippen MR) is 81.1 cm³/mol. The second-order valence-electron chi connectivity index (χ2n) is 3.85. The van der Waals surface area contributed by atoms with Gasteiger partial charge in [-0.25, -0.2) is 13.1 Å². The number of ether oxygens (including phenoxy) is 1. The summed E-state index contributed by atoms with van der Waals surface area (Å²) in [5.74, 6) is 0. The average molecular weight is 322 g/mol. The standard InChI is InChI=1S/C11H18N2O3S3/c1-2-7-16-8-3-6-13-19(14,15)10-5-4-9(18-10)11(12)17/h4-5,13H,2-3,6-8H2,1H3,(H2,12,17). The number of nitrogens with one attached hydrogen (secondary N) is 1. The van der Waals surface area contributed by atoms with E-state index < -0.39 is 10.0 Å². The molecule has 108 valence electrons. The quantitative estimate of drug-likeness (QED) is 0.531. The molecule has 1 aromatic rings. The first-order chi connectivity index (χ1) is 8.97. The lowest BCUT2D eigenvalue weighted by Crippen LogP contribution is -2.24. The fourth-order valence-corrected chi connectivity index (χ4v) is 3.77. The van der Waals surface area contributed by atoms with Gasteiger partial charge in [-0.3, -0.25) is 0 Å². The predicted octanol–water partition coefficient (Wildman–Crippen LogP) is 1.48. The van der Waals surface area contributed by atoms with E-state index in [0.29, 0.717) is 31.1 Å². The third-order valence-corrected chi connectivity index (χ3v) is 5.62. The van der Waals surface area contributed by atoms with E-state index in [4.69, 9.17) is 22.7 Å². The zero-order chi connectivity index (χ0) is 14.3. The maximum Gasteiger partial charge on any atom is 0.250 e. The second kappa shape index (κ2) is 7.91. The highest BCUT2D eigenvalue weighted by Crippen LogP contribution is 2.21. The van der Waals surface area contributed by atoms with E-state index in [1.54, 1.807) is 6.07 Å². The van der Waals surface area contributed by atoms with E-state index >= 15 is 0 Å². The fourth-order valence-electron chi connectivity index (χ4n) is 1.30. The zero-order valence-electron chi connectivity index (χ0n) is 10.7. The number of thiocarbonyl (C=S) groups is 1. The van der Waals surface area contributed by atoms with Crippen LogP contribution in [-0.2, 0) is 14.8 Å². The first-order valence-corrected chi connectivity index (χ1v) is 8.65. The van der Waals surface area contributed by atoms with Crippen LogP contribution in [0.15, 0.2) is 16.3 Å². The Morgan fingerprint density at radius 3 is 2.79 bits per heavy atom. The Balaban J connectivity index is 2.44. The molecule has 0 spiro atoms. The third kappa shape index (κ3) is 5.53. The molecule has 1 aromatic heterocycles. The molecule has 8 heteroatoms. The molecule has 19 heavy (non-hydrogen) atoms. The summed E-state index contributed by atoms with van der Waals surface area (Å²) in [6.07, 6.45) is 1.61. The molecule has 0 aromatic carbocycles. The molecule has 0 amide bonds. The summed E-state index contributed by atoms with van der Waals surface area (Å²) in [4.78, 5) is 0.807. The van der Waals surface area contributed by atoms with E-state index in [1.165, 1.54) is 6.07 Å². The van der Waals surface area contributed by atoms with Crippen LogP contribution >= 0.6 is 23.6 Å². The van der Waals surface area contributed by atoms with Gasteiger partial charge in [0.2, 0.25) is 10.0 Å².